The van der Waals surface area contributed by atoms with Gasteiger partial charge in [-0.3, -0.25) is 0 Å². The SMILES string of the molecule is CCOC(OCC)[C@@H]1C2(C(F)F)CC1(C1(O)CCCC(C)(C)C1)C2. The van der Waals surface area contributed by atoms with E-state index < -0.39 is 35.1 Å². The van der Waals surface area contributed by atoms with Crippen LogP contribution in [-0.2, 0) is 9.47 Å². The molecule has 4 fully saturated rings. The van der Waals surface area contributed by atoms with Crippen LogP contribution < -0.4 is 0 Å². The summed E-state index contributed by atoms with van der Waals surface area (Å²) < 4.78 is 39.0. The molecule has 0 aromatic heterocycles. The van der Waals surface area contributed by atoms with Crippen molar-refractivity contribution >= 4 is 0 Å². The van der Waals surface area contributed by atoms with E-state index in [1.54, 1.807) is 0 Å². The second kappa shape index (κ2) is 5.88. The van der Waals surface area contributed by atoms with Crippen LogP contribution in [-0.4, -0.2) is 36.6 Å². The van der Waals surface area contributed by atoms with Crippen LogP contribution in [0.2, 0.25) is 0 Å². The maximum Gasteiger partial charge on any atom is 0.244 e. The summed E-state index contributed by atoms with van der Waals surface area (Å²) in [5.41, 5.74) is -2.30. The third-order valence-electron chi connectivity index (χ3n) is 7.01. The summed E-state index contributed by atoms with van der Waals surface area (Å²) in [5.74, 6) is -0.399. The molecule has 0 aromatic carbocycles. The first-order valence-electron chi connectivity index (χ1n) is 9.40. The van der Waals surface area contributed by atoms with Crippen LogP contribution in [0, 0.1) is 22.2 Å². The average Bonchev–Trinajstić information content (AvgIpc) is 2.34. The van der Waals surface area contributed by atoms with Gasteiger partial charge in [0, 0.05) is 30.0 Å². The van der Waals surface area contributed by atoms with Crippen LogP contribution in [0.3, 0.4) is 0 Å². The van der Waals surface area contributed by atoms with Gasteiger partial charge in [0.15, 0.2) is 6.29 Å². The quantitative estimate of drug-likeness (QED) is 0.695. The van der Waals surface area contributed by atoms with Crippen molar-refractivity contribution < 1.29 is 23.4 Å². The minimum absolute atomic E-state index is 0.0533. The van der Waals surface area contributed by atoms with Gasteiger partial charge in [0.1, 0.15) is 0 Å². The highest BCUT2D eigenvalue weighted by Crippen LogP contribution is 2.84. The summed E-state index contributed by atoms with van der Waals surface area (Å²) in [6, 6.07) is 0. The van der Waals surface area contributed by atoms with Crippen molar-refractivity contribution in [2.75, 3.05) is 13.2 Å². The van der Waals surface area contributed by atoms with Crippen molar-refractivity contribution in [2.24, 2.45) is 22.2 Å². The van der Waals surface area contributed by atoms with Gasteiger partial charge in [-0.15, -0.1) is 0 Å². The zero-order valence-electron chi connectivity index (χ0n) is 15.4. The highest BCUT2D eigenvalue weighted by Gasteiger charge is 2.86. The van der Waals surface area contributed by atoms with E-state index in [1.807, 2.05) is 13.8 Å². The zero-order chi connectivity index (χ0) is 17.8. The summed E-state index contributed by atoms with van der Waals surface area (Å²) >= 11 is 0. The normalized spacial score (nSPS) is 43.6. The Morgan fingerprint density at radius 1 is 1.04 bits per heavy atom. The molecular weight excluding hydrogens is 314 g/mol. The monoisotopic (exact) mass is 346 g/mol. The number of rotatable bonds is 7. The molecule has 0 heterocycles. The fourth-order valence-electron chi connectivity index (χ4n) is 6.11. The van der Waals surface area contributed by atoms with Gasteiger partial charge in [0.2, 0.25) is 6.43 Å². The Labute approximate surface area is 144 Å². The third kappa shape index (κ3) is 2.38. The summed E-state index contributed by atoms with van der Waals surface area (Å²) in [5, 5.41) is 11.5. The smallest absolute Gasteiger partial charge is 0.244 e. The van der Waals surface area contributed by atoms with E-state index in [1.165, 1.54) is 0 Å². The predicted molar refractivity (Wildman–Crippen MR) is 87.8 cm³/mol. The summed E-state index contributed by atoms with van der Waals surface area (Å²) in [6.45, 7) is 8.92. The minimum Gasteiger partial charge on any atom is -0.389 e. The van der Waals surface area contributed by atoms with Crippen LogP contribution >= 0.6 is 0 Å². The van der Waals surface area contributed by atoms with Gasteiger partial charge in [0.05, 0.1) is 5.60 Å². The van der Waals surface area contributed by atoms with Crippen molar-refractivity contribution in [3.8, 4) is 0 Å². The van der Waals surface area contributed by atoms with Gasteiger partial charge in [0.25, 0.3) is 0 Å². The molecule has 4 aliphatic carbocycles. The Balaban J connectivity index is 1.89. The molecule has 1 unspecified atom stereocenters. The first-order chi connectivity index (χ1) is 11.2. The first-order valence-corrected chi connectivity index (χ1v) is 9.40. The molecule has 0 spiro atoms. The zero-order valence-corrected chi connectivity index (χ0v) is 15.4. The van der Waals surface area contributed by atoms with E-state index in [9.17, 15) is 13.9 Å². The standard InChI is InChI=1S/C19H32F2O3/c1-5-23-14(24-6-2)13-17(15(20)21)11-18(13,12-17)19(22)9-7-8-16(3,4)10-19/h13-15,22H,5-12H2,1-4H3/t13-,17?,18?,19?/m1/s1. The van der Waals surface area contributed by atoms with Crippen LogP contribution in [0.5, 0.6) is 0 Å². The van der Waals surface area contributed by atoms with Gasteiger partial charge < -0.3 is 14.6 Å². The number of hydrogen-bond acceptors (Lipinski definition) is 3. The predicted octanol–water partition coefficient (Wildman–Crippen LogP) is 4.38. The average molecular weight is 346 g/mol. The van der Waals surface area contributed by atoms with Gasteiger partial charge >= 0.3 is 0 Å². The molecule has 0 aliphatic heterocycles. The van der Waals surface area contributed by atoms with Crippen molar-refractivity contribution in [3.63, 3.8) is 0 Å². The molecule has 4 rings (SSSR count). The largest absolute Gasteiger partial charge is 0.389 e. The molecule has 0 amide bonds. The topological polar surface area (TPSA) is 38.7 Å². The van der Waals surface area contributed by atoms with E-state index in [-0.39, 0.29) is 5.41 Å². The van der Waals surface area contributed by atoms with E-state index in [0.29, 0.717) is 38.9 Å². The minimum atomic E-state index is -2.38. The number of hydrogen-bond donors (Lipinski definition) is 1. The van der Waals surface area contributed by atoms with E-state index in [0.717, 1.165) is 12.8 Å². The molecule has 1 N–H and O–H groups in total. The number of alkyl halides is 2. The van der Waals surface area contributed by atoms with Crippen molar-refractivity contribution in [1.82, 2.24) is 0 Å². The molecule has 0 saturated heterocycles. The van der Waals surface area contributed by atoms with Gasteiger partial charge in [-0.25, -0.2) is 8.78 Å². The molecule has 2 atom stereocenters. The molecule has 2 bridgehead atoms. The third-order valence-corrected chi connectivity index (χ3v) is 7.01. The van der Waals surface area contributed by atoms with Gasteiger partial charge in [-0.05, 0) is 51.4 Å². The van der Waals surface area contributed by atoms with Crippen LogP contribution in [0.1, 0.15) is 66.2 Å². The molecule has 5 heteroatoms. The molecular formula is C19H32F2O3. The number of aliphatic hydroxyl groups is 1. The Morgan fingerprint density at radius 3 is 2.08 bits per heavy atom. The fraction of sp³-hybridized carbons (Fsp3) is 1.00. The van der Waals surface area contributed by atoms with Crippen molar-refractivity contribution in [3.05, 3.63) is 0 Å². The highest BCUT2D eigenvalue weighted by atomic mass is 19.3. The second-order valence-electron chi connectivity index (χ2n) is 9.03. The Hall–Kier alpha value is -0.260. The first kappa shape index (κ1) is 18.5. The molecule has 140 valence electrons. The summed E-state index contributed by atoms with van der Waals surface area (Å²) in [6.07, 6.45) is 1.22. The van der Waals surface area contributed by atoms with Crippen molar-refractivity contribution in [1.29, 1.82) is 0 Å². The molecule has 4 saturated carbocycles. The Kier molecular flexibility index (Phi) is 4.54. The molecule has 0 radical (unpaired) electrons. The maximum absolute atomic E-state index is 13.8. The van der Waals surface area contributed by atoms with E-state index >= 15 is 0 Å². The van der Waals surface area contributed by atoms with Crippen molar-refractivity contribution in [2.45, 2.75) is 84.5 Å². The van der Waals surface area contributed by atoms with E-state index in [4.69, 9.17) is 9.47 Å². The lowest BCUT2D eigenvalue weighted by atomic mass is 9.24. The number of halogens is 2. The lowest BCUT2D eigenvalue weighted by Crippen LogP contribution is -2.83. The van der Waals surface area contributed by atoms with Crippen LogP contribution in [0.25, 0.3) is 0 Å². The molecule has 0 aromatic rings. The second-order valence-corrected chi connectivity index (χ2v) is 9.03. The molecule has 4 aliphatic rings. The summed E-state index contributed by atoms with van der Waals surface area (Å²) in [4.78, 5) is 0. The van der Waals surface area contributed by atoms with Crippen LogP contribution in [0.4, 0.5) is 8.78 Å². The highest BCUT2D eigenvalue weighted by molar-refractivity contribution is 5.31. The maximum atomic E-state index is 13.8. The Morgan fingerprint density at radius 2 is 1.62 bits per heavy atom. The summed E-state index contributed by atoms with van der Waals surface area (Å²) in [7, 11) is 0. The molecule has 24 heavy (non-hydrogen) atoms. The number of ether oxygens (including phenoxy) is 2. The lowest BCUT2D eigenvalue weighted by molar-refractivity contribution is -0.435. The van der Waals surface area contributed by atoms with Gasteiger partial charge in [-0.2, -0.15) is 0 Å². The Bertz CT molecular complexity index is 467. The van der Waals surface area contributed by atoms with Crippen LogP contribution in [0.15, 0.2) is 0 Å². The molecule has 3 nitrogen and oxygen atoms in total. The van der Waals surface area contributed by atoms with E-state index in [2.05, 4.69) is 13.8 Å². The lowest BCUT2D eigenvalue weighted by Gasteiger charge is -2.81. The van der Waals surface area contributed by atoms with Gasteiger partial charge in [-0.1, -0.05) is 20.3 Å². The fourth-order valence-corrected chi connectivity index (χ4v) is 6.11.